The SMILES string of the molecule is CCC(CC)N(CCBr)S(C)(=O)=O. The highest BCUT2D eigenvalue weighted by atomic mass is 79.9. The molecular formula is C8H18BrNO2S. The van der Waals surface area contributed by atoms with Gasteiger partial charge < -0.3 is 0 Å². The van der Waals surface area contributed by atoms with E-state index in [0.717, 1.165) is 12.8 Å². The molecule has 0 heterocycles. The summed E-state index contributed by atoms with van der Waals surface area (Å²) < 4.78 is 24.3. The van der Waals surface area contributed by atoms with Crippen LogP contribution in [0.25, 0.3) is 0 Å². The summed E-state index contributed by atoms with van der Waals surface area (Å²) in [7, 11) is -3.05. The lowest BCUT2D eigenvalue weighted by Gasteiger charge is -2.27. The van der Waals surface area contributed by atoms with Crippen LogP contribution in [-0.4, -0.2) is 36.9 Å². The molecule has 0 aliphatic rings. The van der Waals surface area contributed by atoms with Crippen molar-refractivity contribution in [2.24, 2.45) is 0 Å². The van der Waals surface area contributed by atoms with Crippen molar-refractivity contribution in [2.75, 3.05) is 18.1 Å². The summed E-state index contributed by atoms with van der Waals surface area (Å²) >= 11 is 3.26. The van der Waals surface area contributed by atoms with E-state index in [4.69, 9.17) is 0 Å². The van der Waals surface area contributed by atoms with Gasteiger partial charge in [0.15, 0.2) is 0 Å². The van der Waals surface area contributed by atoms with Gasteiger partial charge in [-0.05, 0) is 12.8 Å². The molecule has 0 aliphatic carbocycles. The molecule has 3 nitrogen and oxygen atoms in total. The summed E-state index contributed by atoms with van der Waals surface area (Å²) in [4.78, 5) is 0. The number of nitrogens with zero attached hydrogens (tertiary/aromatic N) is 1. The van der Waals surface area contributed by atoms with Crippen LogP contribution in [0.3, 0.4) is 0 Å². The van der Waals surface area contributed by atoms with Gasteiger partial charge in [-0.3, -0.25) is 0 Å². The van der Waals surface area contributed by atoms with Gasteiger partial charge in [-0.2, -0.15) is 4.31 Å². The van der Waals surface area contributed by atoms with Crippen LogP contribution in [0.1, 0.15) is 26.7 Å². The first-order chi connectivity index (χ1) is 5.97. The summed E-state index contributed by atoms with van der Waals surface area (Å²) in [6.45, 7) is 4.59. The Morgan fingerprint density at radius 2 is 1.77 bits per heavy atom. The van der Waals surface area contributed by atoms with Crippen LogP contribution >= 0.6 is 15.9 Å². The molecule has 0 saturated heterocycles. The van der Waals surface area contributed by atoms with Crippen molar-refractivity contribution in [3.63, 3.8) is 0 Å². The maximum Gasteiger partial charge on any atom is 0.211 e. The summed E-state index contributed by atoms with van der Waals surface area (Å²) in [5.41, 5.74) is 0. The maximum absolute atomic E-state index is 11.4. The normalized spacial score (nSPS) is 12.8. The monoisotopic (exact) mass is 271 g/mol. The fourth-order valence-corrected chi connectivity index (χ4v) is 3.28. The van der Waals surface area contributed by atoms with Gasteiger partial charge in [-0.25, -0.2) is 8.42 Å². The molecule has 0 aromatic carbocycles. The van der Waals surface area contributed by atoms with E-state index >= 15 is 0 Å². The van der Waals surface area contributed by atoms with Crippen LogP contribution in [0, 0.1) is 0 Å². The Hall–Kier alpha value is 0.390. The van der Waals surface area contributed by atoms with Crippen LogP contribution < -0.4 is 0 Å². The summed E-state index contributed by atoms with van der Waals surface area (Å²) in [5, 5.41) is 0.691. The van der Waals surface area contributed by atoms with Crippen molar-refractivity contribution in [3.05, 3.63) is 0 Å². The van der Waals surface area contributed by atoms with Crippen molar-refractivity contribution >= 4 is 26.0 Å². The van der Waals surface area contributed by atoms with E-state index in [1.54, 1.807) is 4.31 Å². The Morgan fingerprint density at radius 3 is 2.00 bits per heavy atom. The molecule has 0 spiro atoms. The zero-order chi connectivity index (χ0) is 10.5. The van der Waals surface area contributed by atoms with Crippen LogP contribution in [0.4, 0.5) is 0 Å². The van der Waals surface area contributed by atoms with Gasteiger partial charge in [-0.1, -0.05) is 29.8 Å². The molecule has 80 valence electrons. The van der Waals surface area contributed by atoms with Crippen LogP contribution in [0.5, 0.6) is 0 Å². The molecule has 0 atom stereocenters. The Morgan fingerprint density at radius 1 is 1.31 bits per heavy atom. The zero-order valence-electron chi connectivity index (χ0n) is 8.46. The Kier molecular flexibility index (Phi) is 6.16. The van der Waals surface area contributed by atoms with E-state index in [0.29, 0.717) is 11.9 Å². The molecule has 0 fully saturated rings. The second-order valence-electron chi connectivity index (χ2n) is 3.03. The predicted molar refractivity (Wildman–Crippen MR) is 59.7 cm³/mol. The average Bonchev–Trinajstić information content (AvgIpc) is 2.03. The largest absolute Gasteiger partial charge is 0.212 e. The molecule has 5 heteroatoms. The smallest absolute Gasteiger partial charge is 0.211 e. The quantitative estimate of drug-likeness (QED) is 0.692. The minimum absolute atomic E-state index is 0.146. The molecule has 13 heavy (non-hydrogen) atoms. The first-order valence-electron chi connectivity index (χ1n) is 4.50. The molecule has 0 bridgehead atoms. The molecule has 0 amide bonds. The molecule has 0 rings (SSSR count). The first-order valence-corrected chi connectivity index (χ1v) is 7.47. The van der Waals surface area contributed by atoms with Gasteiger partial charge >= 0.3 is 0 Å². The van der Waals surface area contributed by atoms with E-state index in [9.17, 15) is 8.42 Å². The molecule has 0 unspecified atom stereocenters. The van der Waals surface area contributed by atoms with Crippen molar-refractivity contribution in [2.45, 2.75) is 32.7 Å². The predicted octanol–water partition coefficient (Wildman–Crippen LogP) is 1.83. The van der Waals surface area contributed by atoms with Gasteiger partial charge in [-0.15, -0.1) is 0 Å². The van der Waals surface area contributed by atoms with Crippen molar-refractivity contribution in [3.8, 4) is 0 Å². The highest BCUT2D eigenvalue weighted by Gasteiger charge is 2.22. The molecule has 0 aliphatic heterocycles. The second kappa shape index (κ2) is 5.98. The number of hydrogen-bond acceptors (Lipinski definition) is 2. The number of rotatable bonds is 6. The Bertz CT molecular complexity index is 224. The van der Waals surface area contributed by atoms with Crippen LogP contribution in [-0.2, 0) is 10.0 Å². The topological polar surface area (TPSA) is 37.4 Å². The lowest BCUT2D eigenvalue weighted by Crippen LogP contribution is -2.40. The molecular weight excluding hydrogens is 254 g/mol. The number of hydrogen-bond donors (Lipinski definition) is 0. The third kappa shape index (κ3) is 4.42. The van der Waals surface area contributed by atoms with E-state index in [2.05, 4.69) is 15.9 Å². The van der Waals surface area contributed by atoms with Gasteiger partial charge in [0.2, 0.25) is 10.0 Å². The third-order valence-electron chi connectivity index (χ3n) is 2.08. The molecule has 0 N–H and O–H groups in total. The number of sulfonamides is 1. The third-order valence-corrected chi connectivity index (χ3v) is 3.77. The van der Waals surface area contributed by atoms with Crippen LogP contribution in [0.15, 0.2) is 0 Å². The molecule has 0 aromatic heterocycles. The van der Waals surface area contributed by atoms with Gasteiger partial charge in [0.05, 0.1) is 6.26 Å². The maximum atomic E-state index is 11.4. The van der Waals surface area contributed by atoms with Crippen molar-refractivity contribution in [1.82, 2.24) is 4.31 Å². The summed E-state index contributed by atoms with van der Waals surface area (Å²) in [6, 6.07) is 0.146. The van der Waals surface area contributed by atoms with E-state index in [1.807, 2.05) is 13.8 Å². The average molecular weight is 272 g/mol. The van der Waals surface area contributed by atoms with Crippen LogP contribution in [0.2, 0.25) is 0 Å². The highest BCUT2D eigenvalue weighted by Crippen LogP contribution is 2.12. The Labute approximate surface area is 89.7 Å². The highest BCUT2D eigenvalue weighted by molar-refractivity contribution is 9.09. The molecule has 0 saturated carbocycles. The lowest BCUT2D eigenvalue weighted by molar-refractivity contribution is 0.320. The fraction of sp³-hybridized carbons (Fsp3) is 1.00. The number of alkyl halides is 1. The van der Waals surface area contributed by atoms with E-state index < -0.39 is 10.0 Å². The standard InChI is InChI=1S/C8H18BrNO2S/c1-4-8(5-2)10(7-6-9)13(3,11)12/h8H,4-7H2,1-3H3. The second-order valence-corrected chi connectivity index (χ2v) is 5.76. The lowest BCUT2D eigenvalue weighted by atomic mass is 10.2. The molecule has 0 aromatic rings. The minimum atomic E-state index is -3.05. The van der Waals surface area contributed by atoms with Crippen molar-refractivity contribution in [1.29, 1.82) is 0 Å². The first kappa shape index (κ1) is 13.4. The van der Waals surface area contributed by atoms with Crippen molar-refractivity contribution < 1.29 is 8.42 Å². The number of halogens is 1. The van der Waals surface area contributed by atoms with Gasteiger partial charge in [0.1, 0.15) is 0 Å². The van der Waals surface area contributed by atoms with Gasteiger partial charge in [0, 0.05) is 17.9 Å². The zero-order valence-corrected chi connectivity index (χ0v) is 10.9. The summed E-state index contributed by atoms with van der Waals surface area (Å²) in [6.07, 6.45) is 3.02. The summed E-state index contributed by atoms with van der Waals surface area (Å²) in [5.74, 6) is 0. The Balaban J connectivity index is 4.58. The molecule has 0 radical (unpaired) electrons. The van der Waals surface area contributed by atoms with E-state index in [1.165, 1.54) is 6.26 Å². The fourth-order valence-electron chi connectivity index (χ4n) is 1.40. The van der Waals surface area contributed by atoms with E-state index in [-0.39, 0.29) is 6.04 Å². The minimum Gasteiger partial charge on any atom is -0.212 e. The van der Waals surface area contributed by atoms with Gasteiger partial charge in [0.25, 0.3) is 0 Å².